The van der Waals surface area contributed by atoms with Crippen molar-refractivity contribution in [2.24, 2.45) is 0 Å². The average Bonchev–Trinajstić information content (AvgIpc) is 3.17. The van der Waals surface area contributed by atoms with E-state index < -0.39 is 0 Å². The molecule has 3 aromatic rings. The van der Waals surface area contributed by atoms with Gasteiger partial charge >= 0.3 is 0 Å². The molecule has 8 heteroatoms. The summed E-state index contributed by atoms with van der Waals surface area (Å²) in [6.07, 6.45) is 4.07. The quantitative estimate of drug-likeness (QED) is 0.550. The Morgan fingerprint density at radius 2 is 1.85 bits per heavy atom. The average molecular weight is 365 g/mol. The molecule has 1 aromatic carbocycles. The number of aromatic nitrogens is 3. The van der Waals surface area contributed by atoms with Crippen LogP contribution in [0.15, 0.2) is 48.8 Å². The molecule has 0 aliphatic carbocycles. The second-order valence-electron chi connectivity index (χ2n) is 5.89. The fourth-order valence-electron chi connectivity index (χ4n) is 2.66. The fraction of sp³-hybridized carbons (Fsp3) is 0.211. The molecule has 0 atom stereocenters. The standard InChI is InChI=1S/C19H19N5O3/c25-9-1-6-21-19-23-15(13-4-7-20-8-5-13)11-18(24-19)22-14-2-3-16-17(10-14)27-12-26-16/h2-5,7-8,10-11,25H,1,6,9,12H2,(H2,21,22,23,24). The number of aliphatic hydroxyl groups is 1. The van der Waals surface area contributed by atoms with Crippen LogP contribution >= 0.6 is 0 Å². The van der Waals surface area contributed by atoms with Gasteiger partial charge in [-0.2, -0.15) is 4.98 Å². The number of hydrogen-bond donors (Lipinski definition) is 3. The number of anilines is 3. The van der Waals surface area contributed by atoms with E-state index in [1.54, 1.807) is 12.4 Å². The summed E-state index contributed by atoms with van der Waals surface area (Å²) in [5, 5.41) is 15.4. The van der Waals surface area contributed by atoms with Gasteiger partial charge in [0, 0.05) is 48.9 Å². The summed E-state index contributed by atoms with van der Waals surface area (Å²) in [6.45, 7) is 0.927. The Morgan fingerprint density at radius 1 is 1.00 bits per heavy atom. The summed E-state index contributed by atoms with van der Waals surface area (Å²) in [5.41, 5.74) is 2.54. The van der Waals surface area contributed by atoms with Crippen molar-refractivity contribution in [3.63, 3.8) is 0 Å². The predicted molar refractivity (Wildman–Crippen MR) is 101 cm³/mol. The zero-order chi connectivity index (χ0) is 18.5. The molecule has 0 spiro atoms. The molecular formula is C19H19N5O3. The van der Waals surface area contributed by atoms with Gasteiger partial charge in [0.25, 0.3) is 0 Å². The Labute approximate surface area is 156 Å². The summed E-state index contributed by atoms with van der Waals surface area (Å²) in [7, 11) is 0. The van der Waals surface area contributed by atoms with Crippen LogP contribution in [0.3, 0.4) is 0 Å². The van der Waals surface area contributed by atoms with Crippen molar-refractivity contribution < 1.29 is 14.6 Å². The van der Waals surface area contributed by atoms with Crippen LogP contribution in [0.2, 0.25) is 0 Å². The molecule has 2 aromatic heterocycles. The van der Waals surface area contributed by atoms with Crippen LogP contribution in [0.1, 0.15) is 6.42 Å². The summed E-state index contributed by atoms with van der Waals surface area (Å²) >= 11 is 0. The maximum atomic E-state index is 8.98. The number of nitrogens with zero attached hydrogens (tertiary/aromatic N) is 3. The third-order valence-corrected chi connectivity index (χ3v) is 3.97. The lowest BCUT2D eigenvalue weighted by Crippen LogP contribution is -2.08. The number of ether oxygens (including phenoxy) is 2. The largest absolute Gasteiger partial charge is 0.454 e. The maximum Gasteiger partial charge on any atom is 0.231 e. The van der Waals surface area contributed by atoms with Gasteiger partial charge in [-0.3, -0.25) is 4.98 Å². The lowest BCUT2D eigenvalue weighted by atomic mass is 10.2. The molecule has 3 N–H and O–H groups in total. The highest BCUT2D eigenvalue weighted by Gasteiger charge is 2.14. The van der Waals surface area contributed by atoms with Gasteiger partial charge < -0.3 is 25.2 Å². The minimum atomic E-state index is 0.110. The second kappa shape index (κ2) is 7.88. The lowest BCUT2D eigenvalue weighted by Gasteiger charge is -2.11. The van der Waals surface area contributed by atoms with Crippen molar-refractivity contribution >= 4 is 17.5 Å². The highest BCUT2D eigenvalue weighted by molar-refractivity contribution is 5.68. The molecular weight excluding hydrogens is 346 g/mol. The van der Waals surface area contributed by atoms with E-state index in [0.717, 1.165) is 22.7 Å². The SMILES string of the molecule is OCCCNc1nc(Nc2ccc3c(c2)OCO3)cc(-c2ccncc2)n1. The van der Waals surface area contributed by atoms with Crippen LogP contribution in [0.4, 0.5) is 17.5 Å². The molecule has 27 heavy (non-hydrogen) atoms. The van der Waals surface area contributed by atoms with Gasteiger partial charge in [0.05, 0.1) is 5.69 Å². The van der Waals surface area contributed by atoms with Crippen molar-refractivity contribution in [2.75, 3.05) is 30.6 Å². The van der Waals surface area contributed by atoms with Gasteiger partial charge in [-0.15, -0.1) is 0 Å². The lowest BCUT2D eigenvalue weighted by molar-refractivity contribution is 0.174. The Hall–Kier alpha value is -3.39. The smallest absolute Gasteiger partial charge is 0.231 e. The molecule has 8 nitrogen and oxygen atoms in total. The first-order valence-corrected chi connectivity index (χ1v) is 8.63. The summed E-state index contributed by atoms with van der Waals surface area (Å²) in [5.74, 6) is 2.56. The molecule has 0 fully saturated rings. The van der Waals surface area contributed by atoms with E-state index in [0.29, 0.717) is 30.5 Å². The minimum absolute atomic E-state index is 0.110. The fourth-order valence-corrected chi connectivity index (χ4v) is 2.66. The third-order valence-electron chi connectivity index (χ3n) is 3.97. The van der Waals surface area contributed by atoms with Crippen molar-refractivity contribution in [3.8, 4) is 22.8 Å². The predicted octanol–water partition coefficient (Wildman–Crippen LogP) is 2.81. The highest BCUT2D eigenvalue weighted by Crippen LogP contribution is 2.35. The number of aliphatic hydroxyl groups excluding tert-OH is 1. The van der Waals surface area contributed by atoms with Crippen molar-refractivity contribution in [1.29, 1.82) is 0 Å². The topological polar surface area (TPSA) is 101 Å². The van der Waals surface area contributed by atoms with Gasteiger partial charge in [-0.05, 0) is 30.7 Å². The van der Waals surface area contributed by atoms with Crippen LogP contribution in [0.25, 0.3) is 11.3 Å². The van der Waals surface area contributed by atoms with E-state index >= 15 is 0 Å². The number of nitrogens with one attached hydrogen (secondary N) is 2. The molecule has 0 unspecified atom stereocenters. The normalized spacial score (nSPS) is 12.0. The minimum Gasteiger partial charge on any atom is -0.454 e. The van der Waals surface area contributed by atoms with Gasteiger partial charge in [0.1, 0.15) is 5.82 Å². The van der Waals surface area contributed by atoms with E-state index in [9.17, 15) is 0 Å². The monoisotopic (exact) mass is 365 g/mol. The van der Waals surface area contributed by atoms with E-state index in [1.807, 2.05) is 36.4 Å². The Bertz CT molecular complexity index is 920. The van der Waals surface area contributed by atoms with Crippen molar-refractivity contribution in [1.82, 2.24) is 15.0 Å². The molecule has 0 radical (unpaired) electrons. The van der Waals surface area contributed by atoms with Crippen LogP contribution in [0, 0.1) is 0 Å². The number of benzene rings is 1. The zero-order valence-electron chi connectivity index (χ0n) is 14.6. The summed E-state index contributed by atoms with van der Waals surface area (Å²) in [4.78, 5) is 13.1. The highest BCUT2D eigenvalue weighted by atomic mass is 16.7. The first-order valence-electron chi connectivity index (χ1n) is 8.63. The van der Waals surface area contributed by atoms with Gasteiger partial charge in [0.2, 0.25) is 12.7 Å². The van der Waals surface area contributed by atoms with E-state index in [2.05, 4.69) is 25.6 Å². The molecule has 4 rings (SSSR count). The number of rotatable bonds is 7. The van der Waals surface area contributed by atoms with Crippen molar-refractivity contribution in [3.05, 3.63) is 48.8 Å². The van der Waals surface area contributed by atoms with Gasteiger partial charge in [-0.25, -0.2) is 4.98 Å². The second-order valence-corrected chi connectivity index (χ2v) is 5.89. The molecule has 0 bridgehead atoms. The molecule has 0 amide bonds. The van der Waals surface area contributed by atoms with Crippen LogP contribution < -0.4 is 20.1 Å². The van der Waals surface area contributed by atoms with Crippen LogP contribution in [0.5, 0.6) is 11.5 Å². The van der Waals surface area contributed by atoms with Crippen LogP contribution in [-0.4, -0.2) is 40.0 Å². The van der Waals surface area contributed by atoms with Gasteiger partial charge in [0.15, 0.2) is 11.5 Å². The Balaban J connectivity index is 1.63. The molecule has 0 saturated carbocycles. The number of pyridine rings is 1. The van der Waals surface area contributed by atoms with E-state index in [4.69, 9.17) is 14.6 Å². The summed E-state index contributed by atoms with van der Waals surface area (Å²) < 4.78 is 10.8. The van der Waals surface area contributed by atoms with E-state index in [1.165, 1.54) is 0 Å². The Kier molecular flexibility index (Phi) is 4.97. The summed E-state index contributed by atoms with van der Waals surface area (Å²) in [6, 6.07) is 11.3. The first kappa shape index (κ1) is 17.0. The Morgan fingerprint density at radius 3 is 2.70 bits per heavy atom. The molecule has 0 saturated heterocycles. The molecule has 3 heterocycles. The van der Waals surface area contributed by atoms with Crippen LogP contribution in [-0.2, 0) is 0 Å². The first-order chi connectivity index (χ1) is 13.3. The molecule has 1 aliphatic rings. The third kappa shape index (κ3) is 4.06. The van der Waals surface area contributed by atoms with Gasteiger partial charge in [-0.1, -0.05) is 0 Å². The number of fused-ring (bicyclic) bond motifs is 1. The van der Waals surface area contributed by atoms with E-state index in [-0.39, 0.29) is 13.4 Å². The maximum absolute atomic E-state index is 8.98. The van der Waals surface area contributed by atoms with Crippen molar-refractivity contribution in [2.45, 2.75) is 6.42 Å². The molecule has 138 valence electrons. The zero-order valence-corrected chi connectivity index (χ0v) is 14.6. The molecule has 1 aliphatic heterocycles. The number of hydrogen-bond acceptors (Lipinski definition) is 8.